The van der Waals surface area contributed by atoms with Crippen molar-refractivity contribution in [2.75, 3.05) is 0 Å². The molecular formula is C10H12O4S2. The summed E-state index contributed by atoms with van der Waals surface area (Å²) in [6, 6.07) is 3.38. The summed E-state index contributed by atoms with van der Waals surface area (Å²) in [5.74, 6) is -1.34. The summed E-state index contributed by atoms with van der Waals surface area (Å²) < 4.78 is 23.9. The minimum absolute atomic E-state index is 0.586. The van der Waals surface area contributed by atoms with E-state index < -0.39 is 26.3 Å². The fourth-order valence-electron chi connectivity index (χ4n) is 1.23. The first-order valence-corrected chi connectivity index (χ1v) is 7.01. The molecule has 1 heterocycles. The molecule has 6 heteroatoms. The Bertz CT molecular complexity index is 473. The Morgan fingerprint density at radius 2 is 2.25 bits per heavy atom. The van der Waals surface area contributed by atoms with Crippen molar-refractivity contribution in [3.63, 3.8) is 0 Å². The van der Waals surface area contributed by atoms with Crippen LogP contribution < -0.4 is 0 Å². The van der Waals surface area contributed by atoms with Gasteiger partial charge in [-0.3, -0.25) is 4.79 Å². The third-order valence-electron chi connectivity index (χ3n) is 2.23. The zero-order chi connectivity index (χ0) is 12.3. The largest absolute Gasteiger partial charge is 0.480 e. The summed E-state index contributed by atoms with van der Waals surface area (Å²) in [5.41, 5.74) is 0. The van der Waals surface area contributed by atoms with E-state index in [4.69, 9.17) is 5.11 Å². The zero-order valence-electron chi connectivity index (χ0n) is 8.66. The van der Waals surface area contributed by atoms with Crippen molar-refractivity contribution < 1.29 is 18.3 Å². The van der Waals surface area contributed by atoms with E-state index in [1.165, 1.54) is 24.3 Å². The lowest BCUT2D eigenvalue weighted by Gasteiger charge is -2.15. The van der Waals surface area contributed by atoms with Crippen LogP contribution in [-0.2, 0) is 14.6 Å². The van der Waals surface area contributed by atoms with Crippen LogP contribution >= 0.6 is 11.3 Å². The SMILES string of the molecule is C=CC(c1cccs1)S(=O)(=O)C(C)C(=O)O. The van der Waals surface area contributed by atoms with E-state index in [1.807, 2.05) is 0 Å². The number of carboxylic acids is 1. The van der Waals surface area contributed by atoms with Gasteiger partial charge in [0.25, 0.3) is 0 Å². The number of thiophene rings is 1. The summed E-state index contributed by atoms with van der Waals surface area (Å²) >= 11 is 1.27. The summed E-state index contributed by atoms with van der Waals surface area (Å²) in [4.78, 5) is 11.3. The van der Waals surface area contributed by atoms with Gasteiger partial charge in [0.15, 0.2) is 15.1 Å². The molecule has 1 rings (SSSR count). The second-order valence-electron chi connectivity index (χ2n) is 3.24. The molecule has 0 amide bonds. The average molecular weight is 260 g/mol. The van der Waals surface area contributed by atoms with Gasteiger partial charge < -0.3 is 5.11 Å². The number of carboxylic acid groups (broad SMARTS) is 1. The molecule has 2 atom stereocenters. The second kappa shape index (κ2) is 4.80. The highest BCUT2D eigenvalue weighted by atomic mass is 32.2. The zero-order valence-corrected chi connectivity index (χ0v) is 10.3. The third-order valence-corrected chi connectivity index (χ3v) is 5.68. The number of rotatable bonds is 5. The first-order valence-electron chi connectivity index (χ1n) is 4.52. The van der Waals surface area contributed by atoms with Crippen molar-refractivity contribution in [2.24, 2.45) is 0 Å². The van der Waals surface area contributed by atoms with Crippen molar-refractivity contribution in [1.29, 1.82) is 0 Å². The molecule has 2 unspecified atom stereocenters. The maximum absolute atomic E-state index is 12.0. The first kappa shape index (κ1) is 12.9. The average Bonchev–Trinajstić information content (AvgIpc) is 2.70. The van der Waals surface area contributed by atoms with E-state index in [2.05, 4.69) is 6.58 Å². The summed E-state index contributed by atoms with van der Waals surface area (Å²) in [6.45, 7) is 4.63. The van der Waals surface area contributed by atoms with E-state index >= 15 is 0 Å². The molecule has 0 bridgehead atoms. The number of hydrogen-bond donors (Lipinski definition) is 1. The van der Waals surface area contributed by atoms with Crippen LogP contribution in [0.2, 0.25) is 0 Å². The lowest BCUT2D eigenvalue weighted by Crippen LogP contribution is -2.30. The Labute approximate surface area is 98.2 Å². The van der Waals surface area contributed by atoms with Gasteiger partial charge in [0.05, 0.1) is 0 Å². The molecule has 0 aromatic carbocycles. The van der Waals surface area contributed by atoms with Crippen molar-refractivity contribution in [1.82, 2.24) is 0 Å². The number of aliphatic carboxylic acids is 1. The molecule has 0 aliphatic carbocycles. The van der Waals surface area contributed by atoms with E-state index in [-0.39, 0.29) is 0 Å². The lowest BCUT2D eigenvalue weighted by molar-refractivity contribution is -0.136. The fourth-order valence-corrected chi connectivity index (χ4v) is 3.89. The fraction of sp³-hybridized carbons (Fsp3) is 0.300. The van der Waals surface area contributed by atoms with Crippen LogP contribution in [0.5, 0.6) is 0 Å². The van der Waals surface area contributed by atoms with Gasteiger partial charge >= 0.3 is 5.97 Å². The monoisotopic (exact) mass is 260 g/mol. The molecule has 88 valence electrons. The van der Waals surface area contributed by atoms with E-state index in [0.717, 1.165) is 0 Å². The van der Waals surface area contributed by atoms with Gasteiger partial charge in [-0.05, 0) is 18.4 Å². The Balaban J connectivity index is 3.16. The maximum Gasteiger partial charge on any atom is 0.321 e. The van der Waals surface area contributed by atoms with Crippen LogP contribution in [0, 0.1) is 0 Å². The summed E-state index contributed by atoms with van der Waals surface area (Å²) in [6.07, 6.45) is 1.26. The van der Waals surface area contributed by atoms with Gasteiger partial charge in [0.2, 0.25) is 0 Å². The number of sulfone groups is 1. The van der Waals surface area contributed by atoms with E-state index in [0.29, 0.717) is 4.88 Å². The quantitative estimate of drug-likeness (QED) is 0.820. The van der Waals surface area contributed by atoms with Crippen LogP contribution in [0.15, 0.2) is 30.2 Å². The normalized spacial score (nSPS) is 15.3. The minimum Gasteiger partial charge on any atom is -0.480 e. The molecule has 4 nitrogen and oxygen atoms in total. The molecule has 0 saturated heterocycles. The van der Waals surface area contributed by atoms with Gasteiger partial charge in [-0.2, -0.15) is 0 Å². The summed E-state index contributed by atoms with van der Waals surface area (Å²) in [7, 11) is -3.78. The number of carbonyl (C=O) groups is 1. The van der Waals surface area contributed by atoms with Crippen LogP contribution in [0.1, 0.15) is 17.1 Å². The second-order valence-corrected chi connectivity index (χ2v) is 6.61. The molecule has 0 spiro atoms. The molecule has 0 fully saturated rings. The Morgan fingerprint density at radius 1 is 1.62 bits per heavy atom. The highest BCUT2D eigenvalue weighted by molar-refractivity contribution is 7.93. The number of hydrogen-bond acceptors (Lipinski definition) is 4. The van der Waals surface area contributed by atoms with Crippen molar-refractivity contribution in [3.05, 3.63) is 35.0 Å². The lowest BCUT2D eigenvalue weighted by atomic mass is 10.3. The molecule has 16 heavy (non-hydrogen) atoms. The molecule has 0 radical (unpaired) electrons. The van der Waals surface area contributed by atoms with Gasteiger partial charge in [0.1, 0.15) is 5.25 Å². The van der Waals surface area contributed by atoms with Crippen molar-refractivity contribution in [3.8, 4) is 0 Å². The van der Waals surface area contributed by atoms with Gasteiger partial charge in [-0.15, -0.1) is 17.9 Å². The smallest absolute Gasteiger partial charge is 0.321 e. The van der Waals surface area contributed by atoms with Crippen LogP contribution in [0.4, 0.5) is 0 Å². The molecule has 1 aromatic heterocycles. The predicted molar refractivity (Wildman–Crippen MR) is 63.3 cm³/mol. The molecule has 1 aromatic rings. The third kappa shape index (κ3) is 2.33. The molecular weight excluding hydrogens is 248 g/mol. The Morgan fingerprint density at radius 3 is 2.62 bits per heavy atom. The highest BCUT2D eigenvalue weighted by Gasteiger charge is 2.35. The standard InChI is InChI=1S/C10H12O4S2/c1-3-9(8-5-4-6-15-8)16(13,14)7(2)10(11)12/h3-7,9H,1H2,2H3,(H,11,12). The van der Waals surface area contributed by atoms with Gasteiger partial charge in [0, 0.05) is 4.88 Å². The first-order chi connectivity index (χ1) is 7.41. The molecule has 0 aliphatic rings. The van der Waals surface area contributed by atoms with Crippen LogP contribution in [0.3, 0.4) is 0 Å². The maximum atomic E-state index is 12.0. The van der Waals surface area contributed by atoms with Crippen LogP contribution in [-0.4, -0.2) is 24.7 Å². The molecule has 1 N–H and O–H groups in total. The van der Waals surface area contributed by atoms with Crippen molar-refractivity contribution in [2.45, 2.75) is 17.4 Å². The predicted octanol–water partition coefficient (Wildman–Crippen LogP) is 1.86. The van der Waals surface area contributed by atoms with Gasteiger partial charge in [-0.1, -0.05) is 12.1 Å². The minimum atomic E-state index is -3.78. The molecule has 0 aliphatic heterocycles. The molecule has 0 saturated carbocycles. The van der Waals surface area contributed by atoms with Gasteiger partial charge in [-0.25, -0.2) is 8.42 Å². The van der Waals surface area contributed by atoms with E-state index in [9.17, 15) is 13.2 Å². The Kier molecular flexibility index (Phi) is 3.88. The highest BCUT2D eigenvalue weighted by Crippen LogP contribution is 2.30. The Hall–Kier alpha value is -1.14. The van der Waals surface area contributed by atoms with Crippen molar-refractivity contribution >= 4 is 27.1 Å². The summed E-state index contributed by atoms with van der Waals surface area (Å²) in [5, 5.41) is 8.11. The topological polar surface area (TPSA) is 71.4 Å². The van der Waals surface area contributed by atoms with E-state index in [1.54, 1.807) is 17.5 Å². The van der Waals surface area contributed by atoms with Crippen LogP contribution in [0.25, 0.3) is 0 Å².